The molecule has 136 valence electrons. The highest BCUT2D eigenvalue weighted by Crippen LogP contribution is 2.36. The van der Waals surface area contributed by atoms with Crippen LogP contribution in [0.25, 0.3) is 4.96 Å². The van der Waals surface area contributed by atoms with Crippen molar-refractivity contribution < 1.29 is 9.47 Å². The van der Waals surface area contributed by atoms with Gasteiger partial charge in [0.15, 0.2) is 28.4 Å². The van der Waals surface area contributed by atoms with Crippen molar-refractivity contribution in [3.05, 3.63) is 35.1 Å². The van der Waals surface area contributed by atoms with Crippen LogP contribution in [0, 0.1) is 0 Å². The van der Waals surface area contributed by atoms with Gasteiger partial charge in [0.1, 0.15) is 6.61 Å². The maximum Gasteiger partial charge on any atom is 0.234 e. The van der Waals surface area contributed by atoms with Crippen molar-refractivity contribution in [1.82, 2.24) is 24.7 Å². The molecule has 2 aliphatic rings. The van der Waals surface area contributed by atoms with Crippen molar-refractivity contribution >= 4 is 16.3 Å². The Morgan fingerprint density at radius 3 is 2.69 bits per heavy atom. The number of rotatable bonds is 3. The highest BCUT2D eigenvalue weighted by Gasteiger charge is 2.27. The zero-order valence-electron chi connectivity index (χ0n) is 14.5. The molecule has 0 spiro atoms. The van der Waals surface area contributed by atoms with Gasteiger partial charge in [-0.15, -0.1) is 10.2 Å². The first-order valence-corrected chi connectivity index (χ1v) is 10.0. The number of para-hydroxylation sites is 2. The largest absolute Gasteiger partial charge is 0.485 e. The molecule has 0 radical (unpaired) electrons. The van der Waals surface area contributed by atoms with Crippen LogP contribution in [0.3, 0.4) is 0 Å². The monoisotopic (exact) mass is 371 g/mol. The number of nitrogens with zero attached hydrogens (tertiary/aromatic N) is 5. The van der Waals surface area contributed by atoms with Gasteiger partial charge in [0.2, 0.25) is 4.96 Å². The highest BCUT2D eigenvalue weighted by atomic mass is 32.1. The van der Waals surface area contributed by atoms with Gasteiger partial charge < -0.3 is 9.47 Å². The van der Waals surface area contributed by atoms with E-state index >= 15 is 0 Å². The van der Waals surface area contributed by atoms with Crippen molar-refractivity contribution in [3.8, 4) is 11.5 Å². The van der Waals surface area contributed by atoms with Crippen LogP contribution in [0.1, 0.15) is 42.6 Å². The van der Waals surface area contributed by atoms with Crippen LogP contribution >= 0.6 is 11.3 Å². The molecule has 5 rings (SSSR count). The summed E-state index contributed by atoms with van der Waals surface area (Å²) < 4.78 is 13.8. The molecule has 26 heavy (non-hydrogen) atoms. The van der Waals surface area contributed by atoms with E-state index in [1.807, 2.05) is 28.8 Å². The van der Waals surface area contributed by atoms with E-state index < -0.39 is 0 Å². The molecule has 0 amide bonds. The normalized spacial score (nSPS) is 21.0. The molecule has 7 nitrogen and oxygen atoms in total. The van der Waals surface area contributed by atoms with Crippen molar-refractivity contribution in [2.24, 2.45) is 0 Å². The van der Waals surface area contributed by atoms with E-state index in [9.17, 15) is 0 Å². The quantitative estimate of drug-likeness (QED) is 0.705. The van der Waals surface area contributed by atoms with E-state index in [0.717, 1.165) is 46.9 Å². The van der Waals surface area contributed by atoms with Crippen LogP contribution in [0.4, 0.5) is 0 Å². The van der Waals surface area contributed by atoms with Gasteiger partial charge in [-0.05, 0) is 38.1 Å². The predicted molar refractivity (Wildman–Crippen MR) is 97.7 cm³/mol. The molecule has 1 fully saturated rings. The smallest absolute Gasteiger partial charge is 0.234 e. The minimum Gasteiger partial charge on any atom is -0.485 e. The van der Waals surface area contributed by atoms with E-state index in [4.69, 9.17) is 14.6 Å². The molecule has 0 aliphatic carbocycles. The molecular formula is C18H21N5O2S. The van der Waals surface area contributed by atoms with E-state index in [2.05, 4.69) is 15.1 Å². The molecule has 1 aromatic carbocycles. The molecule has 0 bridgehead atoms. The van der Waals surface area contributed by atoms with E-state index in [0.29, 0.717) is 6.61 Å². The second-order valence-electron chi connectivity index (χ2n) is 6.81. The zero-order chi connectivity index (χ0) is 17.3. The highest BCUT2D eigenvalue weighted by molar-refractivity contribution is 7.16. The molecule has 4 heterocycles. The van der Waals surface area contributed by atoms with Gasteiger partial charge in [-0.25, -0.2) is 0 Å². The summed E-state index contributed by atoms with van der Waals surface area (Å²) in [4.78, 5) is 3.27. The summed E-state index contributed by atoms with van der Waals surface area (Å²) in [6.45, 7) is 3.52. The molecule has 1 saturated heterocycles. The number of aromatic nitrogens is 4. The second-order valence-corrected chi connectivity index (χ2v) is 7.79. The predicted octanol–water partition coefficient (Wildman–Crippen LogP) is 3.07. The average molecular weight is 371 g/mol. The van der Waals surface area contributed by atoms with Gasteiger partial charge in [-0.2, -0.15) is 9.61 Å². The Morgan fingerprint density at radius 1 is 1.04 bits per heavy atom. The Labute approximate surface area is 155 Å². The van der Waals surface area contributed by atoms with Crippen LogP contribution in [-0.4, -0.2) is 44.4 Å². The zero-order valence-corrected chi connectivity index (χ0v) is 15.3. The number of hydrogen-bond acceptors (Lipinski definition) is 7. The maximum atomic E-state index is 6.07. The molecule has 1 atom stereocenters. The fourth-order valence-corrected chi connectivity index (χ4v) is 4.41. The lowest BCUT2D eigenvalue weighted by molar-refractivity contribution is 0.0903. The fourth-order valence-electron chi connectivity index (χ4n) is 3.54. The van der Waals surface area contributed by atoms with E-state index in [1.165, 1.54) is 37.0 Å². The number of fused-ring (bicyclic) bond motifs is 2. The van der Waals surface area contributed by atoms with Crippen LogP contribution < -0.4 is 9.47 Å². The molecule has 0 saturated carbocycles. The first kappa shape index (κ1) is 16.0. The van der Waals surface area contributed by atoms with Crippen molar-refractivity contribution in [3.63, 3.8) is 0 Å². The number of ether oxygens (including phenoxy) is 2. The number of likely N-dealkylation sites (tertiary alicyclic amines) is 1. The van der Waals surface area contributed by atoms with Crippen LogP contribution in [0.2, 0.25) is 0 Å². The summed E-state index contributed by atoms with van der Waals surface area (Å²) in [7, 11) is 0. The lowest BCUT2D eigenvalue weighted by Crippen LogP contribution is -2.25. The van der Waals surface area contributed by atoms with Gasteiger partial charge in [0, 0.05) is 0 Å². The topological polar surface area (TPSA) is 64.8 Å². The van der Waals surface area contributed by atoms with Gasteiger partial charge in [-0.3, -0.25) is 4.90 Å². The Kier molecular flexibility index (Phi) is 4.22. The molecule has 8 heteroatoms. The fraction of sp³-hybridized carbons (Fsp3) is 0.500. The van der Waals surface area contributed by atoms with Gasteiger partial charge in [0.25, 0.3) is 0 Å². The Hall–Kier alpha value is -2.19. The van der Waals surface area contributed by atoms with Crippen LogP contribution in [0.15, 0.2) is 24.3 Å². The summed E-state index contributed by atoms with van der Waals surface area (Å²) in [5.74, 6) is 2.45. The molecule has 2 aromatic heterocycles. The molecule has 2 aliphatic heterocycles. The first-order chi connectivity index (χ1) is 12.9. The molecular weight excluding hydrogens is 350 g/mol. The van der Waals surface area contributed by atoms with Gasteiger partial charge in [-0.1, -0.05) is 36.3 Å². The molecule has 1 unspecified atom stereocenters. The summed E-state index contributed by atoms with van der Waals surface area (Å²) >= 11 is 1.52. The Balaban J connectivity index is 1.36. The van der Waals surface area contributed by atoms with Crippen LogP contribution in [-0.2, 0) is 6.54 Å². The van der Waals surface area contributed by atoms with Gasteiger partial charge >= 0.3 is 0 Å². The SMILES string of the molecule is c1ccc2c(c1)OCC(c1nn3c(CN4CCCCCC4)nnc3s1)O2. The second kappa shape index (κ2) is 6.85. The van der Waals surface area contributed by atoms with Crippen molar-refractivity contribution in [2.75, 3.05) is 19.7 Å². The lowest BCUT2D eigenvalue weighted by atomic mass is 10.2. The lowest BCUT2D eigenvalue weighted by Gasteiger charge is -2.24. The molecule has 3 aromatic rings. The summed E-state index contributed by atoms with van der Waals surface area (Å²) in [5, 5.41) is 14.3. The van der Waals surface area contributed by atoms with Crippen LogP contribution in [0.5, 0.6) is 11.5 Å². The third-order valence-electron chi connectivity index (χ3n) is 4.92. The standard InChI is InChI=1S/C18H21N5O2S/c1-2-6-10-22(9-5-1)11-16-19-20-18-23(16)21-17(26-18)15-12-24-13-7-3-4-8-14(13)25-15/h3-4,7-8,15H,1-2,5-6,9-12H2. The minimum atomic E-state index is -0.206. The number of hydrogen-bond donors (Lipinski definition) is 0. The van der Waals surface area contributed by atoms with Crippen molar-refractivity contribution in [1.29, 1.82) is 0 Å². The first-order valence-electron chi connectivity index (χ1n) is 9.19. The van der Waals surface area contributed by atoms with E-state index in [-0.39, 0.29) is 6.10 Å². The average Bonchev–Trinajstić information content (AvgIpc) is 3.15. The minimum absolute atomic E-state index is 0.206. The third kappa shape index (κ3) is 3.03. The maximum absolute atomic E-state index is 6.07. The van der Waals surface area contributed by atoms with Gasteiger partial charge in [0.05, 0.1) is 6.54 Å². The number of benzene rings is 1. The Bertz CT molecular complexity index is 900. The molecule has 0 N–H and O–H groups in total. The third-order valence-corrected chi connectivity index (χ3v) is 5.91. The van der Waals surface area contributed by atoms with E-state index in [1.54, 1.807) is 0 Å². The summed E-state index contributed by atoms with van der Waals surface area (Å²) in [5.41, 5.74) is 0. The summed E-state index contributed by atoms with van der Waals surface area (Å²) in [6.07, 6.45) is 4.97. The Morgan fingerprint density at radius 2 is 1.85 bits per heavy atom. The summed E-state index contributed by atoms with van der Waals surface area (Å²) in [6, 6.07) is 7.74. The van der Waals surface area contributed by atoms with Crippen molar-refractivity contribution in [2.45, 2.75) is 38.3 Å².